The van der Waals surface area contributed by atoms with Gasteiger partial charge in [0.05, 0.1) is 6.61 Å². The van der Waals surface area contributed by atoms with Crippen LogP contribution in [0.5, 0.6) is 0 Å². The van der Waals surface area contributed by atoms with E-state index in [2.05, 4.69) is 25.8 Å². The highest BCUT2D eigenvalue weighted by Gasteiger charge is 2.56. The number of aliphatic hydroxyl groups excluding tert-OH is 2. The van der Waals surface area contributed by atoms with Gasteiger partial charge in [-0.25, -0.2) is 4.79 Å². The molecule has 0 bridgehead atoms. The Hall–Kier alpha value is -2.82. The number of aliphatic hydroxyl groups is 2. The van der Waals surface area contributed by atoms with E-state index >= 15 is 0 Å². The normalized spacial score (nSPS) is 23.2. The molecule has 3 aromatic rings. The molecule has 9 heteroatoms. The fraction of sp³-hybridized carbons (Fsp3) is 0.360. The molecule has 1 aliphatic heterocycles. The zero-order valence-corrected chi connectivity index (χ0v) is 20.5. The van der Waals surface area contributed by atoms with Gasteiger partial charge >= 0.3 is 5.69 Å². The van der Waals surface area contributed by atoms with Gasteiger partial charge in [-0.15, -0.1) is 0 Å². The van der Waals surface area contributed by atoms with Crippen LogP contribution in [0.4, 0.5) is 5.82 Å². The van der Waals surface area contributed by atoms with Gasteiger partial charge in [0.25, 0.3) is 8.32 Å². The fourth-order valence-corrected chi connectivity index (χ4v) is 9.47. The van der Waals surface area contributed by atoms with Gasteiger partial charge in [-0.3, -0.25) is 4.57 Å². The summed E-state index contributed by atoms with van der Waals surface area (Å²) in [7, 11) is -3.04. The summed E-state index contributed by atoms with van der Waals surface area (Å²) in [4.78, 5) is 16.2. The maximum Gasteiger partial charge on any atom is 0.351 e. The monoisotopic (exact) mass is 481 g/mol. The molecule has 2 heterocycles. The van der Waals surface area contributed by atoms with E-state index < -0.39 is 38.5 Å². The molecule has 180 valence electrons. The average Bonchev–Trinajstić information content (AvgIpc) is 3.12. The molecule has 4 N–H and O–H groups in total. The fourth-order valence-electron chi connectivity index (χ4n) is 4.76. The van der Waals surface area contributed by atoms with Crippen molar-refractivity contribution in [1.29, 1.82) is 0 Å². The summed E-state index contributed by atoms with van der Waals surface area (Å²) in [5.74, 6) is 0.0764. The zero-order chi connectivity index (χ0) is 24.5. The third-order valence-corrected chi connectivity index (χ3v) is 11.4. The quantitative estimate of drug-likeness (QED) is 0.450. The molecule has 0 spiro atoms. The van der Waals surface area contributed by atoms with E-state index in [-0.39, 0.29) is 17.5 Å². The summed E-state index contributed by atoms with van der Waals surface area (Å²) in [5.41, 5.74) is 4.97. The minimum Gasteiger partial charge on any atom is -0.399 e. The smallest absolute Gasteiger partial charge is 0.351 e. The van der Waals surface area contributed by atoms with Gasteiger partial charge < -0.3 is 25.1 Å². The van der Waals surface area contributed by atoms with Crippen LogP contribution in [0.25, 0.3) is 0 Å². The first-order valence-electron chi connectivity index (χ1n) is 11.3. The Bertz CT molecular complexity index is 1130. The van der Waals surface area contributed by atoms with E-state index in [4.69, 9.17) is 14.9 Å². The second-order valence-electron chi connectivity index (χ2n) is 9.53. The Morgan fingerprint density at radius 2 is 1.62 bits per heavy atom. The molecule has 4 unspecified atom stereocenters. The van der Waals surface area contributed by atoms with Crippen LogP contribution in [0, 0.1) is 0 Å². The molecule has 1 aliphatic rings. The summed E-state index contributed by atoms with van der Waals surface area (Å²) < 4.78 is 14.1. The number of nitrogens with zero attached hydrogens (tertiary/aromatic N) is 2. The van der Waals surface area contributed by atoms with Crippen molar-refractivity contribution in [3.8, 4) is 0 Å². The Morgan fingerprint density at radius 3 is 2.09 bits per heavy atom. The van der Waals surface area contributed by atoms with Crippen molar-refractivity contribution in [3.05, 3.63) is 83.4 Å². The summed E-state index contributed by atoms with van der Waals surface area (Å²) in [5, 5.41) is 23.2. The number of aromatic nitrogens is 2. The van der Waals surface area contributed by atoms with Gasteiger partial charge in [0.15, 0.2) is 6.23 Å². The molecule has 4 rings (SSSR count). The Labute approximate surface area is 199 Å². The van der Waals surface area contributed by atoms with Crippen molar-refractivity contribution >= 4 is 24.5 Å². The lowest BCUT2D eigenvalue weighted by Gasteiger charge is -2.45. The van der Waals surface area contributed by atoms with Crippen LogP contribution >= 0.6 is 0 Å². The second-order valence-corrected chi connectivity index (χ2v) is 13.8. The second kappa shape index (κ2) is 9.44. The lowest BCUT2D eigenvalue weighted by atomic mass is 10.1. The molecule has 1 saturated heterocycles. The van der Waals surface area contributed by atoms with Gasteiger partial charge in [-0.2, -0.15) is 4.98 Å². The van der Waals surface area contributed by atoms with Gasteiger partial charge in [-0.1, -0.05) is 81.4 Å². The average molecular weight is 482 g/mol. The SMILES string of the molecule is CC(C)(C)[Si](OC1C(CO)OC(n2ccc(N)nc2=O)C1O)(c1ccccc1)c1ccccc1. The van der Waals surface area contributed by atoms with Crippen LogP contribution in [0.1, 0.15) is 27.0 Å². The van der Waals surface area contributed by atoms with Crippen LogP contribution in [0.15, 0.2) is 77.7 Å². The molecule has 0 aliphatic carbocycles. The molecule has 0 saturated carbocycles. The number of anilines is 1. The molecule has 0 radical (unpaired) electrons. The van der Waals surface area contributed by atoms with Crippen molar-refractivity contribution in [2.24, 2.45) is 0 Å². The van der Waals surface area contributed by atoms with E-state index in [1.807, 2.05) is 60.7 Å². The molecule has 2 aromatic carbocycles. The molecule has 1 fully saturated rings. The van der Waals surface area contributed by atoms with Crippen LogP contribution < -0.4 is 21.8 Å². The zero-order valence-electron chi connectivity index (χ0n) is 19.5. The summed E-state index contributed by atoms with van der Waals surface area (Å²) in [6.45, 7) is 6.00. The number of ether oxygens (including phenoxy) is 1. The Kier molecular flexibility index (Phi) is 6.75. The minimum absolute atomic E-state index is 0.0764. The maximum atomic E-state index is 12.4. The summed E-state index contributed by atoms with van der Waals surface area (Å²) >= 11 is 0. The predicted octanol–water partition coefficient (Wildman–Crippen LogP) is 1.02. The van der Waals surface area contributed by atoms with Crippen molar-refractivity contribution < 1.29 is 19.4 Å². The van der Waals surface area contributed by atoms with Crippen molar-refractivity contribution in [3.63, 3.8) is 0 Å². The lowest BCUT2D eigenvalue weighted by Crippen LogP contribution is -2.69. The summed E-state index contributed by atoms with van der Waals surface area (Å²) in [6.07, 6.45) is -2.59. The van der Waals surface area contributed by atoms with E-state index in [0.29, 0.717) is 0 Å². The first-order valence-corrected chi connectivity index (χ1v) is 13.2. The standard InChI is InChI=1S/C25H31N3O5Si/c1-25(2,3)34(17-10-6-4-7-11-17,18-12-8-5-9-13-18)33-22-19(16-29)32-23(21(22)30)28-15-14-20(26)27-24(28)31/h4-15,19,21-23,29-30H,16H2,1-3H3,(H2,26,27,31). The molecule has 34 heavy (non-hydrogen) atoms. The van der Waals surface area contributed by atoms with Gasteiger partial charge in [-0.05, 0) is 21.5 Å². The van der Waals surface area contributed by atoms with Crippen LogP contribution in [-0.4, -0.2) is 53.0 Å². The molecule has 0 amide bonds. The van der Waals surface area contributed by atoms with E-state index in [1.54, 1.807) is 0 Å². The number of nitrogen functional groups attached to an aromatic ring is 1. The number of hydrogen-bond acceptors (Lipinski definition) is 7. The van der Waals surface area contributed by atoms with E-state index in [0.717, 1.165) is 10.4 Å². The van der Waals surface area contributed by atoms with Crippen LogP contribution in [0.3, 0.4) is 0 Å². The molecular weight excluding hydrogens is 450 g/mol. The van der Waals surface area contributed by atoms with Crippen LogP contribution in [0.2, 0.25) is 5.04 Å². The van der Waals surface area contributed by atoms with Crippen LogP contribution in [-0.2, 0) is 9.16 Å². The first kappa shape index (κ1) is 24.3. The van der Waals surface area contributed by atoms with Gasteiger partial charge in [0.2, 0.25) is 0 Å². The van der Waals surface area contributed by atoms with E-state index in [1.165, 1.54) is 16.8 Å². The first-order chi connectivity index (χ1) is 16.2. The summed E-state index contributed by atoms with van der Waals surface area (Å²) in [6, 6.07) is 21.5. The Morgan fingerprint density at radius 1 is 1.06 bits per heavy atom. The molecule has 8 nitrogen and oxygen atoms in total. The molecule has 1 aromatic heterocycles. The number of rotatable bonds is 6. The molecular formula is C25H31N3O5Si. The number of nitrogens with two attached hydrogens (primary N) is 1. The van der Waals surface area contributed by atoms with Crippen molar-refractivity contribution in [2.45, 2.75) is 50.3 Å². The van der Waals surface area contributed by atoms with E-state index in [9.17, 15) is 15.0 Å². The number of benzene rings is 2. The van der Waals surface area contributed by atoms with Crippen molar-refractivity contribution in [1.82, 2.24) is 9.55 Å². The van der Waals surface area contributed by atoms with Gasteiger partial charge in [0, 0.05) is 6.20 Å². The minimum atomic E-state index is -3.04. The Balaban J connectivity index is 1.83. The third kappa shape index (κ3) is 4.21. The topological polar surface area (TPSA) is 120 Å². The highest BCUT2D eigenvalue weighted by atomic mass is 28.4. The highest BCUT2D eigenvalue weighted by molar-refractivity contribution is 6.99. The maximum absolute atomic E-state index is 12.4. The number of hydrogen-bond donors (Lipinski definition) is 3. The van der Waals surface area contributed by atoms with Crippen molar-refractivity contribution in [2.75, 3.05) is 12.3 Å². The highest BCUT2D eigenvalue weighted by Crippen LogP contribution is 2.41. The largest absolute Gasteiger partial charge is 0.399 e. The molecule has 4 atom stereocenters. The predicted molar refractivity (Wildman–Crippen MR) is 132 cm³/mol. The third-order valence-electron chi connectivity index (χ3n) is 6.34. The van der Waals surface area contributed by atoms with Gasteiger partial charge in [0.1, 0.15) is 24.1 Å². The lowest BCUT2D eigenvalue weighted by molar-refractivity contribution is -0.0545.